The highest BCUT2D eigenvalue weighted by molar-refractivity contribution is 7.20. The van der Waals surface area contributed by atoms with Gasteiger partial charge in [0.25, 0.3) is 5.91 Å². The average Bonchev–Trinajstić information content (AvgIpc) is 3.24. The minimum Gasteiger partial charge on any atom is -0.378 e. The number of fused-ring (bicyclic) bond motifs is 1. The number of aromatic nitrogens is 3. The Balaban J connectivity index is 1.64. The zero-order chi connectivity index (χ0) is 19.8. The van der Waals surface area contributed by atoms with Crippen molar-refractivity contribution >= 4 is 39.0 Å². The summed E-state index contributed by atoms with van der Waals surface area (Å²) in [5.74, 6) is 0.429. The molecule has 0 radical (unpaired) electrons. The third-order valence-corrected chi connectivity index (χ3v) is 5.43. The van der Waals surface area contributed by atoms with E-state index in [9.17, 15) is 4.79 Å². The molecule has 28 heavy (non-hydrogen) atoms. The highest BCUT2D eigenvalue weighted by atomic mass is 32.1. The van der Waals surface area contributed by atoms with Crippen LogP contribution >= 0.6 is 11.3 Å². The molecule has 0 atom stereocenters. The van der Waals surface area contributed by atoms with Gasteiger partial charge in [0, 0.05) is 31.4 Å². The number of hydrogen-bond acceptors (Lipinski definition) is 5. The van der Waals surface area contributed by atoms with Crippen LogP contribution in [0.4, 0.5) is 11.5 Å². The number of carbonyl (C=O) groups excluding carboxylic acids is 1. The van der Waals surface area contributed by atoms with Crippen molar-refractivity contribution in [3.8, 4) is 5.13 Å². The van der Waals surface area contributed by atoms with Gasteiger partial charge in [-0.15, -0.1) is 0 Å². The zero-order valence-corrected chi connectivity index (χ0v) is 17.0. The number of hydrogen-bond donors (Lipinski definition) is 1. The third-order valence-electron chi connectivity index (χ3n) is 4.43. The van der Waals surface area contributed by atoms with E-state index in [1.165, 1.54) is 5.56 Å². The van der Waals surface area contributed by atoms with Gasteiger partial charge in [-0.1, -0.05) is 17.4 Å². The Kier molecular flexibility index (Phi) is 4.60. The summed E-state index contributed by atoms with van der Waals surface area (Å²) in [6.45, 7) is 3.96. The molecule has 0 unspecified atom stereocenters. The second kappa shape index (κ2) is 7.09. The maximum Gasteiger partial charge on any atom is 0.256 e. The van der Waals surface area contributed by atoms with E-state index < -0.39 is 0 Å². The van der Waals surface area contributed by atoms with Crippen molar-refractivity contribution < 1.29 is 4.79 Å². The summed E-state index contributed by atoms with van der Waals surface area (Å²) in [7, 11) is 3.94. The predicted molar refractivity (Wildman–Crippen MR) is 115 cm³/mol. The quantitative estimate of drug-likeness (QED) is 0.559. The van der Waals surface area contributed by atoms with Gasteiger partial charge in [-0.3, -0.25) is 4.79 Å². The van der Waals surface area contributed by atoms with Gasteiger partial charge in [0.1, 0.15) is 5.82 Å². The highest BCUT2D eigenvalue weighted by Gasteiger charge is 2.15. The van der Waals surface area contributed by atoms with Crippen LogP contribution in [-0.4, -0.2) is 34.8 Å². The minimum absolute atomic E-state index is 0.177. The Morgan fingerprint density at radius 3 is 2.54 bits per heavy atom. The van der Waals surface area contributed by atoms with E-state index >= 15 is 0 Å². The molecule has 0 aliphatic heterocycles. The van der Waals surface area contributed by atoms with Crippen LogP contribution in [0.2, 0.25) is 0 Å². The van der Waals surface area contributed by atoms with Gasteiger partial charge in [-0.2, -0.15) is 9.78 Å². The molecule has 4 aromatic rings. The number of nitrogens with zero attached hydrogens (tertiary/aromatic N) is 4. The van der Waals surface area contributed by atoms with E-state index in [4.69, 9.17) is 0 Å². The molecule has 2 aromatic carbocycles. The molecule has 1 amide bonds. The molecule has 0 spiro atoms. The Bertz CT molecular complexity index is 1160. The fourth-order valence-corrected chi connectivity index (χ4v) is 3.97. The molecule has 7 heteroatoms. The molecule has 0 bridgehead atoms. The number of carbonyl (C=O) groups is 1. The molecular weight excluding hydrogens is 370 g/mol. The first-order valence-electron chi connectivity index (χ1n) is 8.94. The first-order valence-corrected chi connectivity index (χ1v) is 9.75. The number of amides is 1. The number of benzene rings is 2. The SMILES string of the molecule is Cc1ccc2nc(-n3nc(C)cc3NC(=O)c3ccc(N(C)C)cc3)sc2c1. The maximum atomic E-state index is 12.7. The Morgan fingerprint density at radius 1 is 1.07 bits per heavy atom. The molecule has 0 saturated heterocycles. The van der Waals surface area contributed by atoms with E-state index in [1.807, 2.05) is 68.4 Å². The van der Waals surface area contributed by atoms with Crippen molar-refractivity contribution in [3.63, 3.8) is 0 Å². The van der Waals surface area contributed by atoms with Crippen LogP contribution in [0.15, 0.2) is 48.5 Å². The average molecular weight is 392 g/mol. The van der Waals surface area contributed by atoms with Gasteiger partial charge >= 0.3 is 0 Å². The van der Waals surface area contributed by atoms with E-state index in [2.05, 4.69) is 28.4 Å². The lowest BCUT2D eigenvalue weighted by molar-refractivity contribution is 0.102. The second-order valence-corrected chi connectivity index (χ2v) is 7.95. The molecular formula is C21H21N5OS. The molecule has 2 aromatic heterocycles. The normalized spacial score (nSPS) is 11.0. The van der Waals surface area contributed by atoms with Gasteiger partial charge in [0.15, 0.2) is 0 Å². The fourth-order valence-electron chi connectivity index (χ4n) is 2.94. The van der Waals surface area contributed by atoms with Crippen molar-refractivity contribution in [2.75, 3.05) is 24.3 Å². The van der Waals surface area contributed by atoms with E-state index in [-0.39, 0.29) is 5.91 Å². The largest absolute Gasteiger partial charge is 0.378 e. The lowest BCUT2D eigenvalue weighted by atomic mass is 10.2. The van der Waals surface area contributed by atoms with Crippen LogP contribution < -0.4 is 10.2 Å². The second-order valence-electron chi connectivity index (χ2n) is 6.95. The van der Waals surface area contributed by atoms with Gasteiger partial charge in [0.05, 0.1) is 15.9 Å². The van der Waals surface area contributed by atoms with Crippen molar-refractivity contribution in [2.24, 2.45) is 0 Å². The van der Waals surface area contributed by atoms with Crippen LogP contribution in [0.3, 0.4) is 0 Å². The van der Waals surface area contributed by atoms with Gasteiger partial charge in [-0.05, 0) is 55.8 Å². The lowest BCUT2D eigenvalue weighted by Gasteiger charge is -2.12. The van der Waals surface area contributed by atoms with Crippen LogP contribution in [-0.2, 0) is 0 Å². The summed E-state index contributed by atoms with van der Waals surface area (Å²) >= 11 is 1.55. The molecule has 0 saturated carbocycles. The van der Waals surface area contributed by atoms with Crippen molar-refractivity contribution in [3.05, 3.63) is 65.4 Å². The van der Waals surface area contributed by atoms with Crippen molar-refractivity contribution in [1.82, 2.24) is 14.8 Å². The maximum absolute atomic E-state index is 12.7. The van der Waals surface area contributed by atoms with Gasteiger partial charge < -0.3 is 10.2 Å². The topological polar surface area (TPSA) is 63.1 Å². The summed E-state index contributed by atoms with van der Waals surface area (Å²) in [5, 5.41) is 8.22. The molecule has 0 fully saturated rings. The molecule has 0 aliphatic carbocycles. The van der Waals surface area contributed by atoms with Crippen LogP contribution in [0.25, 0.3) is 15.3 Å². The number of aryl methyl sites for hydroxylation is 2. The minimum atomic E-state index is -0.177. The summed E-state index contributed by atoms with van der Waals surface area (Å²) < 4.78 is 2.79. The van der Waals surface area contributed by atoms with Crippen LogP contribution in [0.5, 0.6) is 0 Å². The van der Waals surface area contributed by atoms with E-state index in [0.29, 0.717) is 11.4 Å². The van der Waals surface area contributed by atoms with Crippen molar-refractivity contribution in [2.45, 2.75) is 13.8 Å². The summed E-state index contributed by atoms with van der Waals surface area (Å²) in [4.78, 5) is 19.4. The smallest absolute Gasteiger partial charge is 0.256 e. The molecule has 1 N–H and O–H groups in total. The van der Waals surface area contributed by atoms with Gasteiger partial charge in [-0.25, -0.2) is 4.98 Å². The zero-order valence-electron chi connectivity index (χ0n) is 16.2. The monoisotopic (exact) mass is 391 g/mol. The Labute approximate surface area is 167 Å². The van der Waals surface area contributed by atoms with Crippen LogP contribution in [0, 0.1) is 13.8 Å². The van der Waals surface area contributed by atoms with E-state index in [1.54, 1.807) is 16.0 Å². The fraction of sp³-hybridized carbons (Fsp3) is 0.190. The molecule has 4 rings (SSSR count). The predicted octanol–water partition coefficient (Wildman–Crippen LogP) is 4.42. The lowest BCUT2D eigenvalue weighted by Crippen LogP contribution is -2.15. The molecule has 0 aliphatic rings. The highest BCUT2D eigenvalue weighted by Crippen LogP contribution is 2.28. The number of anilines is 2. The number of rotatable bonds is 4. The first kappa shape index (κ1) is 18.2. The number of thiazole rings is 1. The standard InChI is InChI=1S/C21H21N5OS/c1-13-5-10-17-18(11-13)28-21(22-17)26-19(12-14(2)24-26)23-20(27)15-6-8-16(9-7-15)25(3)4/h5-12H,1-4H3,(H,23,27). The summed E-state index contributed by atoms with van der Waals surface area (Å²) in [6.07, 6.45) is 0. The Morgan fingerprint density at radius 2 is 1.82 bits per heavy atom. The third kappa shape index (κ3) is 3.48. The number of nitrogens with one attached hydrogen (secondary N) is 1. The molecule has 142 valence electrons. The van der Waals surface area contributed by atoms with E-state index in [0.717, 1.165) is 26.7 Å². The Hall–Kier alpha value is -3.19. The van der Waals surface area contributed by atoms with Gasteiger partial charge in [0.2, 0.25) is 5.13 Å². The van der Waals surface area contributed by atoms with Crippen LogP contribution in [0.1, 0.15) is 21.6 Å². The molecule has 2 heterocycles. The van der Waals surface area contributed by atoms with Crippen molar-refractivity contribution in [1.29, 1.82) is 0 Å². The summed E-state index contributed by atoms with van der Waals surface area (Å²) in [5.41, 5.74) is 4.57. The molecule has 6 nitrogen and oxygen atoms in total. The summed E-state index contributed by atoms with van der Waals surface area (Å²) in [6, 6.07) is 15.5. The first-order chi connectivity index (χ1) is 13.4.